The summed E-state index contributed by atoms with van der Waals surface area (Å²) in [4.78, 5) is 41.6. The number of H-pyrrole nitrogens is 1. The van der Waals surface area contributed by atoms with Crippen LogP contribution in [0.2, 0.25) is 0 Å². The van der Waals surface area contributed by atoms with E-state index < -0.39 is 5.91 Å². The van der Waals surface area contributed by atoms with E-state index in [-0.39, 0.29) is 16.8 Å². The third-order valence-electron chi connectivity index (χ3n) is 5.25. The Labute approximate surface area is 179 Å². The molecule has 0 aliphatic heterocycles. The maximum atomic E-state index is 13.0. The smallest absolute Gasteiger partial charge is 0.256 e. The van der Waals surface area contributed by atoms with Gasteiger partial charge in [0.15, 0.2) is 11.2 Å². The number of pyridine rings is 1. The van der Waals surface area contributed by atoms with Crippen LogP contribution in [0.25, 0.3) is 10.9 Å². The summed E-state index contributed by atoms with van der Waals surface area (Å²) in [5.41, 5.74) is 4.16. The van der Waals surface area contributed by atoms with Crippen molar-refractivity contribution in [3.05, 3.63) is 111 Å². The monoisotopic (exact) mass is 410 g/mol. The van der Waals surface area contributed by atoms with Gasteiger partial charge in [0.05, 0.1) is 5.56 Å². The molecule has 3 aromatic carbocycles. The Kier molecular flexibility index (Phi) is 5.50. The molecule has 4 aromatic rings. The highest BCUT2D eigenvalue weighted by molar-refractivity contribution is 6.17. The van der Waals surface area contributed by atoms with Gasteiger partial charge in [-0.05, 0) is 37.6 Å². The first-order valence-electron chi connectivity index (χ1n) is 10.1. The van der Waals surface area contributed by atoms with E-state index in [1.165, 1.54) is 0 Å². The molecular weight excluding hydrogens is 388 g/mol. The minimum atomic E-state index is -0.406. The number of carbonyl (C=O) groups is 2. The number of ketones is 1. The van der Waals surface area contributed by atoms with E-state index >= 15 is 0 Å². The molecule has 0 radical (unpaired) electrons. The zero-order valence-corrected chi connectivity index (χ0v) is 17.4. The van der Waals surface area contributed by atoms with Crippen LogP contribution in [0, 0.1) is 6.92 Å². The number of fused-ring (bicyclic) bond motifs is 1. The first-order valence-corrected chi connectivity index (χ1v) is 10.1. The van der Waals surface area contributed by atoms with Crippen LogP contribution in [0.3, 0.4) is 0 Å². The molecule has 1 aromatic heterocycles. The van der Waals surface area contributed by atoms with Gasteiger partial charge in [-0.3, -0.25) is 14.4 Å². The fourth-order valence-corrected chi connectivity index (χ4v) is 3.51. The van der Waals surface area contributed by atoms with Gasteiger partial charge in [-0.1, -0.05) is 55.0 Å². The van der Waals surface area contributed by atoms with E-state index in [1.54, 1.807) is 60.7 Å². The summed E-state index contributed by atoms with van der Waals surface area (Å²) in [6, 6.07) is 20.7. The standard InChI is InChI=1S/C26H22N2O3/c1-3-18-15-24(29)22-14-19(12-13-23(22)27-18)28-26(31)21-7-5-4-6-20(21)25(30)17-10-8-16(2)9-11-17/h4-15H,3H2,1-2H3,(H,27,29)(H,28,31). The summed E-state index contributed by atoms with van der Waals surface area (Å²) in [5, 5.41) is 3.32. The van der Waals surface area contributed by atoms with E-state index in [0.717, 1.165) is 23.2 Å². The quantitative estimate of drug-likeness (QED) is 0.460. The molecule has 0 atom stereocenters. The van der Waals surface area contributed by atoms with Gasteiger partial charge in [0.25, 0.3) is 5.91 Å². The maximum absolute atomic E-state index is 13.0. The highest BCUT2D eigenvalue weighted by atomic mass is 16.2. The predicted octanol–water partition coefficient (Wildman–Crippen LogP) is 4.88. The van der Waals surface area contributed by atoms with Gasteiger partial charge in [0.1, 0.15) is 0 Å². The first-order chi connectivity index (χ1) is 15.0. The highest BCUT2D eigenvalue weighted by Crippen LogP contribution is 2.19. The van der Waals surface area contributed by atoms with Crippen LogP contribution < -0.4 is 10.7 Å². The Morgan fingerprint density at radius 1 is 0.903 bits per heavy atom. The molecule has 0 bridgehead atoms. The van der Waals surface area contributed by atoms with Crippen molar-refractivity contribution < 1.29 is 9.59 Å². The number of benzene rings is 3. The summed E-state index contributed by atoms with van der Waals surface area (Å²) >= 11 is 0. The lowest BCUT2D eigenvalue weighted by atomic mass is 9.97. The predicted molar refractivity (Wildman–Crippen MR) is 123 cm³/mol. The second kappa shape index (κ2) is 8.40. The number of rotatable bonds is 5. The molecule has 4 rings (SSSR count). The average molecular weight is 410 g/mol. The maximum Gasteiger partial charge on any atom is 0.256 e. The van der Waals surface area contributed by atoms with Gasteiger partial charge in [-0.25, -0.2) is 0 Å². The van der Waals surface area contributed by atoms with Crippen LogP contribution in [0.5, 0.6) is 0 Å². The molecule has 2 N–H and O–H groups in total. The zero-order chi connectivity index (χ0) is 22.0. The lowest BCUT2D eigenvalue weighted by molar-refractivity contribution is 0.0996. The van der Waals surface area contributed by atoms with Crippen LogP contribution in [-0.2, 0) is 6.42 Å². The van der Waals surface area contributed by atoms with Crippen LogP contribution >= 0.6 is 0 Å². The molecule has 0 saturated heterocycles. The second-order valence-corrected chi connectivity index (χ2v) is 7.47. The summed E-state index contributed by atoms with van der Waals surface area (Å²) < 4.78 is 0. The Balaban J connectivity index is 1.65. The van der Waals surface area contributed by atoms with Gasteiger partial charge in [0, 0.05) is 39.5 Å². The van der Waals surface area contributed by atoms with E-state index in [2.05, 4.69) is 10.3 Å². The van der Waals surface area contributed by atoms with Crippen molar-refractivity contribution in [1.82, 2.24) is 4.98 Å². The number of nitrogens with one attached hydrogen (secondary N) is 2. The number of carbonyl (C=O) groups excluding carboxylic acids is 2. The first kappa shape index (κ1) is 20.3. The van der Waals surface area contributed by atoms with Crippen molar-refractivity contribution in [3.8, 4) is 0 Å². The molecule has 0 unspecified atom stereocenters. The molecule has 154 valence electrons. The Bertz CT molecular complexity index is 1350. The van der Waals surface area contributed by atoms with Gasteiger partial charge < -0.3 is 10.3 Å². The molecular formula is C26H22N2O3. The molecule has 0 spiro atoms. The van der Waals surface area contributed by atoms with Crippen molar-refractivity contribution in [2.24, 2.45) is 0 Å². The fraction of sp³-hybridized carbons (Fsp3) is 0.115. The number of hydrogen-bond donors (Lipinski definition) is 2. The lowest BCUT2D eigenvalue weighted by Crippen LogP contribution is -2.17. The SMILES string of the molecule is CCc1cc(=O)c2cc(NC(=O)c3ccccc3C(=O)c3ccc(C)cc3)ccc2[nH]1. The Morgan fingerprint density at radius 3 is 2.32 bits per heavy atom. The van der Waals surface area contributed by atoms with Crippen LogP contribution in [0.4, 0.5) is 5.69 Å². The number of aromatic nitrogens is 1. The van der Waals surface area contributed by atoms with E-state index in [1.807, 2.05) is 26.0 Å². The van der Waals surface area contributed by atoms with Crippen molar-refractivity contribution >= 4 is 28.3 Å². The van der Waals surface area contributed by atoms with Crippen molar-refractivity contribution in [1.29, 1.82) is 0 Å². The normalized spacial score (nSPS) is 10.8. The number of aromatic amines is 1. The molecule has 0 fully saturated rings. The third-order valence-corrected chi connectivity index (χ3v) is 5.25. The lowest BCUT2D eigenvalue weighted by Gasteiger charge is -2.11. The number of amides is 1. The van der Waals surface area contributed by atoms with Crippen molar-refractivity contribution in [2.45, 2.75) is 20.3 Å². The van der Waals surface area contributed by atoms with Crippen LogP contribution in [-0.4, -0.2) is 16.7 Å². The topological polar surface area (TPSA) is 79.0 Å². The molecule has 0 saturated carbocycles. The molecule has 1 amide bonds. The summed E-state index contributed by atoms with van der Waals surface area (Å²) in [5.74, 6) is -0.621. The summed E-state index contributed by atoms with van der Waals surface area (Å²) in [7, 11) is 0. The number of anilines is 1. The molecule has 5 heteroatoms. The highest BCUT2D eigenvalue weighted by Gasteiger charge is 2.18. The minimum Gasteiger partial charge on any atom is -0.358 e. The third kappa shape index (κ3) is 4.16. The number of hydrogen-bond acceptors (Lipinski definition) is 3. The zero-order valence-electron chi connectivity index (χ0n) is 17.4. The number of aryl methyl sites for hydroxylation is 2. The van der Waals surface area contributed by atoms with Gasteiger partial charge in [0.2, 0.25) is 0 Å². The largest absolute Gasteiger partial charge is 0.358 e. The molecule has 1 heterocycles. The molecule has 0 aliphatic carbocycles. The van der Waals surface area contributed by atoms with Gasteiger partial charge in [-0.2, -0.15) is 0 Å². The van der Waals surface area contributed by atoms with Crippen molar-refractivity contribution in [3.63, 3.8) is 0 Å². The van der Waals surface area contributed by atoms with Crippen LogP contribution in [0.1, 0.15) is 44.5 Å². The van der Waals surface area contributed by atoms with E-state index in [0.29, 0.717) is 22.2 Å². The average Bonchev–Trinajstić information content (AvgIpc) is 2.79. The van der Waals surface area contributed by atoms with Crippen molar-refractivity contribution in [2.75, 3.05) is 5.32 Å². The minimum absolute atomic E-state index is 0.100. The molecule has 0 aliphatic rings. The van der Waals surface area contributed by atoms with Gasteiger partial charge in [-0.15, -0.1) is 0 Å². The van der Waals surface area contributed by atoms with Crippen LogP contribution in [0.15, 0.2) is 77.6 Å². The van der Waals surface area contributed by atoms with Gasteiger partial charge >= 0.3 is 0 Å². The Hall–Kier alpha value is -3.99. The fourth-order valence-electron chi connectivity index (χ4n) is 3.51. The summed E-state index contributed by atoms with van der Waals surface area (Å²) in [6.07, 6.45) is 0.732. The molecule has 5 nitrogen and oxygen atoms in total. The second-order valence-electron chi connectivity index (χ2n) is 7.47. The van der Waals surface area contributed by atoms with E-state index in [4.69, 9.17) is 0 Å². The van der Waals surface area contributed by atoms with E-state index in [9.17, 15) is 14.4 Å². The Morgan fingerprint density at radius 2 is 1.61 bits per heavy atom. The summed E-state index contributed by atoms with van der Waals surface area (Å²) in [6.45, 7) is 3.92. The molecule has 31 heavy (non-hydrogen) atoms.